The average Bonchev–Trinajstić information content (AvgIpc) is 2.56. The van der Waals surface area contributed by atoms with Gasteiger partial charge < -0.3 is 4.74 Å². The van der Waals surface area contributed by atoms with E-state index in [4.69, 9.17) is 4.74 Å². The van der Waals surface area contributed by atoms with Crippen molar-refractivity contribution in [2.75, 3.05) is 19.0 Å². The van der Waals surface area contributed by atoms with Crippen molar-refractivity contribution in [3.8, 4) is 0 Å². The Morgan fingerprint density at radius 2 is 2.00 bits per heavy atom. The number of hydrogen-bond acceptors (Lipinski definition) is 5. The summed E-state index contributed by atoms with van der Waals surface area (Å²) in [6.07, 6.45) is 0.323. The average molecular weight is 206 g/mol. The fourth-order valence-electron chi connectivity index (χ4n) is 1.66. The van der Waals surface area contributed by atoms with E-state index in [2.05, 4.69) is 4.18 Å². The molecular formula is C7H10O5S. The zero-order valence-corrected chi connectivity index (χ0v) is 7.75. The van der Waals surface area contributed by atoms with Crippen molar-refractivity contribution in [1.82, 2.24) is 0 Å². The van der Waals surface area contributed by atoms with Crippen LogP contribution in [0.2, 0.25) is 0 Å². The summed E-state index contributed by atoms with van der Waals surface area (Å²) in [5, 5.41) is 0. The fraction of sp³-hybridized carbons (Fsp3) is 0.857. The van der Waals surface area contributed by atoms with Crippen LogP contribution in [0.4, 0.5) is 0 Å². The van der Waals surface area contributed by atoms with Gasteiger partial charge >= 0.3 is 5.97 Å². The molecule has 0 aliphatic carbocycles. The number of carbonyl (C=O) groups is 1. The van der Waals surface area contributed by atoms with Crippen LogP contribution in [0.3, 0.4) is 0 Å². The van der Waals surface area contributed by atoms with Crippen molar-refractivity contribution >= 4 is 16.1 Å². The van der Waals surface area contributed by atoms with Gasteiger partial charge in [-0.05, 0) is 0 Å². The Balaban J connectivity index is 2.00. The smallest absolute Gasteiger partial charge is 0.306 e. The molecule has 2 aliphatic heterocycles. The van der Waals surface area contributed by atoms with E-state index in [1.807, 2.05) is 0 Å². The summed E-state index contributed by atoms with van der Waals surface area (Å²) in [5.41, 5.74) is 0. The Morgan fingerprint density at radius 3 is 2.46 bits per heavy atom. The molecule has 0 aromatic heterocycles. The summed E-state index contributed by atoms with van der Waals surface area (Å²) in [6.45, 7) is 0.534. The van der Waals surface area contributed by atoms with Crippen molar-refractivity contribution in [3.05, 3.63) is 0 Å². The highest BCUT2D eigenvalue weighted by atomic mass is 32.2. The SMILES string of the molecule is O=C1CC(C2COS(=O)(=O)C2)CO1. The van der Waals surface area contributed by atoms with Gasteiger partial charge in [0.1, 0.15) is 0 Å². The van der Waals surface area contributed by atoms with E-state index in [9.17, 15) is 13.2 Å². The summed E-state index contributed by atoms with van der Waals surface area (Å²) in [5.74, 6) is -0.274. The van der Waals surface area contributed by atoms with Gasteiger partial charge in [0.2, 0.25) is 0 Å². The van der Waals surface area contributed by atoms with Gasteiger partial charge in [0.25, 0.3) is 10.1 Å². The molecular weight excluding hydrogens is 196 g/mol. The molecule has 13 heavy (non-hydrogen) atoms. The Bertz CT molecular complexity index is 320. The highest BCUT2D eigenvalue weighted by molar-refractivity contribution is 7.86. The minimum atomic E-state index is -3.32. The molecule has 5 nitrogen and oxygen atoms in total. The van der Waals surface area contributed by atoms with E-state index in [0.29, 0.717) is 13.0 Å². The van der Waals surface area contributed by atoms with E-state index in [-0.39, 0.29) is 30.2 Å². The van der Waals surface area contributed by atoms with Crippen molar-refractivity contribution in [2.24, 2.45) is 11.8 Å². The monoisotopic (exact) mass is 206 g/mol. The molecule has 0 saturated carbocycles. The predicted octanol–water partition coefficient (Wildman–Crippen LogP) is -0.474. The first kappa shape index (κ1) is 8.96. The number of cyclic esters (lactones) is 1. The molecule has 0 bridgehead atoms. The normalized spacial score (nSPS) is 37.7. The zero-order valence-electron chi connectivity index (χ0n) is 6.93. The Kier molecular flexibility index (Phi) is 2.03. The van der Waals surface area contributed by atoms with Crippen LogP contribution in [0, 0.1) is 11.8 Å². The predicted molar refractivity (Wildman–Crippen MR) is 42.3 cm³/mol. The van der Waals surface area contributed by atoms with Crippen molar-refractivity contribution in [3.63, 3.8) is 0 Å². The lowest BCUT2D eigenvalue weighted by Gasteiger charge is -2.09. The summed E-state index contributed by atoms with van der Waals surface area (Å²) in [4.78, 5) is 10.8. The second-order valence-corrected chi connectivity index (χ2v) is 5.10. The van der Waals surface area contributed by atoms with Crippen LogP contribution >= 0.6 is 0 Å². The largest absolute Gasteiger partial charge is 0.465 e. The molecule has 2 aliphatic rings. The maximum atomic E-state index is 10.9. The van der Waals surface area contributed by atoms with Gasteiger partial charge in [-0.25, -0.2) is 0 Å². The molecule has 2 heterocycles. The topological polar surface area (TPSA) is 69.7 Å². The maximum absolute atomic E-state index is 10.9. The molecule has 2 fully saturated rings. The van der Waals surface area contributed by atoms with Gasteiger partial charge in [0.15, 0.2) is 0 Å². The minimum absolute atomic E-state index is 0.0183. The van der Waals surface area contributed by atoms with Crippen molar-refractivity contribution < 1.29 is 22.1 Å². The molecule has 0 aromatic rings. The van der Waals surface area contributed by atoms with Crippen LogP contribution in [-0.4, -0.2) is 33.4 Å². The molecule has 6 heteroatoms. The second-order valence-electron chi connectivity index (χ2n) is 3.42. The van der Waals surface area contributed by atoms with Crippen LogP contribution in [-0.2, 0) is 23.8 Å². The standard InChI is InChI=1S/C7H10O5S/c8-7-1-5(2-11-7)6-3-12-13(9,10)4-6/h5-6H,1-4H2. The maximum Gasteiger partial charge on any atom is 0.306 e. The number of rotatable bonds is 1. The first-order chi connectivity index (χ1) is 6.07. The van der Waals surface area contributed by atoms with Gasteiger partial charge in [-0.15, -0.1) is 0 Å². The highest BCUT2D eigenvalue weighted by Crippen LogP contribution is 2.29. The van der Waals surface area contributed by atoms with E-state index < -0.39 is 10.1 Å². The highest BCUT2D eigenvalue weighted by Gasteiger charge is 2.39. The molecule has 74 valence electrons. The van der Waals surface area contributed by atoms with Crippen LogP contribution < -0.4 is 0 Å². The molecule has 0 aromatic carbocycles. The summed E-state index contributed by atoms with van der Waals surface area (Å²) < 4.78 is 31.2. The van der Waals surface area contributed by atoms with Gasteiger partial charge in [-0.1, -0.05) is 0 Å². The molecule has 0 radical (unpaired) electrons. The number of esters is 1. The van der Waals surface area contributed by atoms with Gasteiger partial charge in [-0.2, -0.15) is 8.42 Å². The van der Waals surface area contributed by atoms with Crippen molar-refractivity contribution in [1.29, 1.82) is 0 Å². The molecule has 0 N–H and O–H groups in total. The van der Waals surface area contributed by atoms with Gasteiger partial charge in [0.05, 0.1) is 25.4 Å². The zero-order chi connectivity index (χ0) is 9.47. The first-order valence-corrected chi connectivity index (χ1v) is 5.67. The van der Waals surface area contributed by atoms with Crippen LogP contribution in [0.5, 0.6) is 0 Å². The molecule has 2 unspecified atom stereocenters. The van der Waals surface area contributed by atoms with Crippen molar-refractivity contribution in [2.45, 2.75) is 6.42 Å². The van der Waals surface area contributed by atoms with E-state index in [1.165, 1.54) is 0 Å². The quantitative estimate of drug-likeness (QED) is 0.428. The summed E-state index contributed by atoms with van der Waals surface area (Å²) in [6, 6.07) is 0. The third-order valence-corrected chi connectivity index (χ3v) is 3.77. The molecule has 2 saturated heterocycles. The lowest BCUT2D eigenvalue weighted by atomic mass is 9.94. The number of ether oxygens (including phenoxy) is 1. The van der Waals surface area contributed by atoms with Crippen LogP contribution in [0.1, 0.15) is 6.42 Å². The summed E-state index contributed by atoms with van der Waals surface area (Å²) >= 11 is 0. The third kappa shape index (κ3) is 1.83. The number of carbonyl (C=O) groups excluding carboxylic acids is 1. The van der Waals surface area contributed by atoms with E-state index in [0.717, 1.165) is 0 Å². The van der Waals surface area contributed by atoms with E-state index in [1.54, 1.807) is 0 Å². The Labute approximate surface area is 76.1 Å². The first-order valence-electron chi connectivity index (χ1n) is 4.09. The fourth-order valence-corrected chi connectivity index (χ4v) is 3.03. The van der Waals surface area contributed by atoms with Crippen LogP contribution in [0.25, 0.3) is 0 Å². The van der Waals surface area contributed by atoms with Gasteiger partial charge in [0, 0.05) is 11.8 Å². The molecule has 0 amide bonds. The molecule has 2 atom stereocenters. The lowest BCUT2D eigenvalue weighted by Crippen LogP contribution is -2.18. The van der Waals surface area contributed by atoms with Gasteiger partial charge in [-0.3, -0.25) is 8.98 Å². The lowest BCUT2D eigenvalue weighted by molar-refractivity contribution is -0.137. The number of hydrogen-bond donors (Lipinski definition) is 0. The second kappa shape index (κ2) is 2.95. The Morgan fingerprint density at radius 1 is 1.23 bits per heavy atom. The molecule has 2 rings (SSSR count). The van der Waals surface area contributed by atoms with E-state index >= 15 is 0 Å². The summed E-state index contributed by atoms with van der Waals surface area (Å²) in [7, 11) is -3.32. The Hall–Kier alpha value is -0.620. The van der Waals surface area contributed by atoms with Crippen LogP contribution in [0.15, 0.2) is 0 Å². The molecule has 0 spiro atoms. The minimum Gasteiger partial charge on any atom is -0.465 e. The third-order valence-electron chi connectivity index (χ3n) is 2.43.